The minimum atomic E-state index is -4.50. The highest BCUT2D eigenvalue weighted by atomic mass is 35.5. The van der Waals surface area contributed by atoms with Crippen molar-refractivity contribution in [2.24, 2.45) is 0 Å². The summed E-state index contributed by atoms with van der Waals surface area (Å²) in [4.78, 5) is 19.6. The minimum absolute atomic E-state index is 0.0267. The highest BCUT2D eigenvalue weighted by molar-refractivity contribution is 6.31. The number of alkyl halides is 3. The summed E-state index contributed by atoms with van der Waals surface area (Å²) in [6.07, 6.45) is -3.88. The second-order valence-electron chi connectivity index (χ2n) is 4.61. The fourth-order valence-electron chi connectivity index (χ4n) is 1.91. The zero-order chi connectivity index (χ0) is 16.3. The molecule has 2 N–H and O–H groups in total. The van der Waals surface area contributed by atoms with Crippen molar-refractivity contribution in [3.05, 3.63) is 11.2 Å². The number of rotatable bonds is 4. The van der Waals surface area contributed by atoms with Crippen LogP contribution in [0.3, 0.4) is 0 Å². The number of amides is 1. The van der Waals surface area contributed by atoms with Crippen LogP contribution >= 0.6 is 11.6 Å². The third kappa shape index (κ3) is 4.52. The molecule has 1 aliphatic heterocycles. The molecule has 1 aliphatic rings. The lowest BCUT2D eigenvalue weighted by Crippen LogP contribution is -2.30. The Morgan fingerprint density at radius 3 is 2.91 bits per heavy atom. The van der Waals surface area contributed by atoms with Gasteiger partial charge in [-0.05, 0) is 6.42 Å². The van der Waals surface area contributed by atoms with E-state index in [9.17, 15) is 18.0 Å². The molecule has 0 aliphatic carbocycles. The Bertz CT molecular complexity index is 558. The summed E-state index contributed by atoms with van der Waals surface area (Å²) >= 11 is 5.68. The van der Waals surface area contributed by atoms with E-state index in [4.69, 9.17) is 16.7 Å². The maximum atomic E-state index is 12.1. The van der Waals surface area contributed by atoms with Crippen molar-refractivity contribution in [3.63, 3.8) is 0 Å². The number of halogens is 4. The Kier molecular flexibility index (Phi) is 4.79. The molecule has 7 nitrogen and oxygen atoms in total. The second-order valence-corrected chi connectivity index (χ2v) is 5.02. The molecule has 0 bridgehead atoms. The first-order valence-electron chi connectivity index (χ1n) is 6.21. The van der Waals surface area contributed by atoms with Crippen LogP contribution in [0.25, 0.3) is 0 Å². The zero-order valence-electron chi connectivity index (χ0n) is 11.1. The molecule has 1 saturated heterocycles. The number of nitrogens with zero attached hydrogens (tertiary/aromatic N) is 3. The average Bonchev–Trinajstić information content (AvgIpc) is 2.87. The first-order chi connectivity index (χ1) is 10.2. The van der Waals surface area contributed by atoms with E-state index >= 15 is 0 Å². The first kappa shape index (κ1) is 16.4. The smallest absolute Gasteiger partial charge is 0.422 e. The number of hydrogen-bond donors (Lipinski definition) is 2. The average molecular weight is 341 g/mol. The van der Waals surface area contributed by atoms with Crippen molar-refractivity contribution < 1.29 is 27.8 Å². The third-order valence-corrected chi connectivity index (χ3v) is 3.14. The van der Waals surface area contributed by atoms with Crippen LogP contribution in [-0.4, -0.2) is 58.0 Å². The molecule has 0 spiro atoms. The highest BCUT2D eigenvalue weighted by Gasteiger charge is 2.30. The quantitative estimate of drug-likeness (QED) is 0.874. The molecule has 2 rings (SSSR count). The predicted octanol–water partition coefficient (Wildman–Crippen LogP) is 2.24. The summed E-state index contributed by atoms with van der Waals surface area (Å²) in [7, 11) is 0. The fraction of sp³-hybridized carbons (Fsp3) is 0.545. The van der Waals surface area contributed by atoms with Gasteiger partial charge >= 0.3 is 12.3 Å². The number of likely N-dealkylation sites (tertiary alicyclic amines) is 1. The van der Waals surface area contributed by atoms with Crippen LogP contribution in [0, 0.1) is 0 Å². The largest absolute Gasteiger partial charge is 0.467 e. The van der Waals surface area contributed by atoms with Gasteiger partial charge < -0.3 is 20.1 Å². The van der Waals surface area contributed by atoms with Gasteiger partial charge in [0.05, 0.1) is 6.20 Å². The number of ether oxygens (including phenoxy) is 1. The standard InChI is InChI=1S/C11H12ClF3N4O3/c12-7-3-16-9(18-8(7)22-5-11(13,14)15)17-6-1-2-19(4-6)10(20)21/h3,6H,1-2,4-5H2,(H,20,21)(H,16,17,18)/t6-/m1/s1. The Labute approximate surface area is 128 Å². The van der Waals surface area contributed by atoms with Gasteiger partial charge in [-0.25, -0.2) is 9.78 Å². The van der Waals surface area contributed by atoms with Crippen molar-refractivity contribution >= 4 is 23.6 Å². The number of anilines is 1. The van der Waals surface area contributed by atoms with Crippen LogP contribution in [-0.2, 0) is 0 Å². The van der Waals surface area contributed by atoms with Crippen molar-refractivity contribution in [2.75, 3.05) is 25.0 Å². The molecule has 0 unspecified atom stereocenters. The lowest BCUT2D eigenvalue weighted by molar-refractivity contribution is -0.154. The minimum Gasteiger partial charge on any atom is -0.467 e. The van der Waals surface area contributed by atoms with Crippen LogP contribution in [0.2, 0.25) is 5.02 Å². The van der Waals surface area contributed by atoms with Gasteiger partial charge in [-0.3, -0.25) is 0 Å². The van der Waals surface area contributed by atoms with Crippen molar-refractivity contribution in [2.45, 2.75) is 18.6 Å². The van der Waals surface area contributed by atoms with Crippen LogP contribution in [0.1, 0.15) is 6.42 Å². The van der Waals surface area contributed by atoms with E-state index in [0.29, 0.717) is 13.0 Å². The second kappa shape index (κ2) is 6.42. The molecule has 0 saturated carbocycles. The molecule has 11 heteroatoms. The SMILES string of the molecule is O=C(O)N1CC[C@@H](Nc2ncc(Cl)c(OCC(F)(F)F)n2)C1. The molecule has 1 atom stereocenters. The summed E-state index contributed by atoms with van der Waals surface area (Å²) in [6, 6.07) is -0.229. The van der Waals surface area contributed by atoms with Crippen LogP contribution in [0.4, 0.5) is 23.9 Å². The summed E-state index contributed by atoms with van der Waals surface area (Å²) in [5.41, 5.74) is 0. The maximum absolute atomic E-state index is 12.1. The van der Waals surface area contributed by atoms with E-state index in [2.05, 4.69) is 20.0 Å². The first-order valence-corrected chi connectivity index (χ1v) is 6.59. The highest BCUT2D eigenvalue weighted by Crippen LogP contribution is 2.25. The molecular weight excluding hydrogens is 329 g/mol. The van der Waals surface area contributed by atoms with E-state index < -0.39 is 18.9 Å². The van der Waals surface area contributed by atoms with Crippen LogP contribution in [0.5, 0.6) is 5.88 Å². The zero-order valence-corrected chi connectivity index (χ0v) is 11.9. The molecule has 1 aromatic rings. The van der Waals surface area contributed by atoms with Gasteiger partial charge in [0.2, 0.25) is 11.8 Å². The molecule has 0 aromatic carbocycles. The molecule has 0 radical (unpaired) electrons. The van der Waals surface area contributed by atoms with Gasteiger partial charge in [0.15, 0.2) is 6.61 Å². The van der Waals surface area contributed by atoms with Crippen molar-refractivity contribution in [3.8, 4) is 5.88 Å². The van der Waals surface area contributed by atoms with Crippen LogP contribution < -0.4 is 10.1 Å². The summed E-state index contributed by atoms with van der Waals surface area (Å²) < 4.78 is 40.9. The summed E-state index contributed by atoms with van der Waals surface area (Å²) in [5.74, 6) is -0.358. The third-order valence-electron chi connectivity index (χ3n) is 2.88. The van der Waals surface area contributed by atoms with E-state index in [1.165, 1.54) is 4.90 Å². The molecular formula is C11H12ClF3N4O3. The van der Waals surface area contributed by atoms with E-state index in [0.717, 1.165) is 6.20 Å². The van der Waals surface area contributed by atoms with Gasteiger partial charge in [-0.2, -0.15) is 18.2 Å². The topological polar surface area (TPSA) is 87.6 Å². The van der Waals surface area contributed by atoms with E-state index in [-0.39, 0.29) is 29.4 Å². The molecule has 2 heterocycles. The van der Waals surface area contributed by atoms with Gasteiger partial charge in [0.1, 0.15) is 5.02 Å². The lowest BCUT2D eigenvalue weighted by Gasteiger charge is -2.15. The number of nitrogens with one attached hydrogen (secondary N) is 1. The fourth-order valence-corrected chi connectivity index (χ4v) is 2.05. The molecule has 1 aromatic heterocycles. The van der Waals surface area contributed by atoms with E-state index in [1.54, 1.807) is 0 Å². The predicted molar refractivity (Wildman–Crippen MR) is 70.2 cm³/mol. The molecule has 122 valence electrons. The summed E-state index contributed by atoms with van der Waals surface area (Å²) in [6.45, 7) is -0.919. The normalized spacial score (nSPS) is 18.4. The van der Waals surface area contributed by atoms with Crippen molar-refractivity contribution in [1.82, 2.24) is 14.9 Å². The number of carbonyl (C=O) groups is 1. The molecule has 1 fully saturated rings. The number of aromatic nitrogens is 2. The Morgan fingerprint density at radius 1 is 1.59 bits per heavy atom. The Hall–Kier alpha value is -1.97. The number of hydrogen-bond acceptors (Lipinski definition) is 5. The molecule has 22 heavy (non-hydrogen) atoms. The van der Waals surface area contributed by atoms with Gasteiger partial charge in [0.25, 0.3) is 0 Å². The van der Waals surface area contributed by atoms with Gasteiger partial charge in [-0.15, -0.1) is 0 Å². The maximum Gasteiger partial charge on any atom is 0.422 e. The van der Waals surface area contributed by atoms with E-state index in [1.807, 2.05) is 0 Å². The summed E-state index contributed by atoms with van der Waals surface area (Å²) in [5, 5.41) is 11.5. The van der Waals surface area contributed by atoms with Crippen LogP contribution in [0.15, 0.2) is 6.20 Å². The van der Waals surface area contributed by atoms with Gasteiger partial charge in [-0.1, -0.05) is 11.6 Å². The Morgan fingerprint density at radius 2 is 2.32 bits per heavy atom. The monoisotopic (exact) mass is 340 g/mol. The van der Waals surface area contributed by atoms with Gasteiger partial charge in [0, 0.05) is 19.1 Å². The Balaban J connectivity index is 1.99. The van der Waals surface area contributed by atoms with Crippen molar-refractivity contribution in [1.29, 1.82) is 0 Å². The lowest BCUT2D eigenvalue weighted by atomic mass is 10.3. The number of carboxylic acid groups (broad SMARTS) is 1. The molecule has 1 amide bonds.